The number of hydrogen-bond donors (Lipinski definition) is 3. The van der Waals surface area contributed by atoms with Crippen molar-refractivity contribution in [2.24, 2.45) is 5.92 Å². The van der Waals surface area contributed by atoms with Gasteiger partial charge in [-0.15, -0.1) is 10.2 Å². The first kappa shape index (κ1) is 36.6. The van der Waals surface area contributed by atoms with Crippen molar-refractivity contribution in [3.8, 4) is 17.0 Å². The average molecular weight is 776 g/mol. The highest BCUT2D eigenvalue weighted by molar-refractivity contribution is 6.05. The highest BCUT2D eigenvalue weighted by Gasteiger charge is 2.40. The number of alkyl halides is 1. The second-order valence-corrected chi connectivity index (χ2v) is 15.7. The zero-order chi connectivity index (χ0) is 38.7. The molecule has 1 aromatic heterocycles. The number of piperazine rings is 1. The van der Waals surface area contributed by atoms with Gasteiger partial charge in [0.05, 0.1) is 30.1 Å². The number of fused-ring (bicyclic) bond motifs is 4. The first-order valence-corrected chi connectivity index (χ1v) is 19.4. The number of rotatable bonds is 7. The normalized spacial score (nSPS) is 27.1. The summed E-state index contributed by atoms with van der Waals surface area (Å²) in [5.74, 6) is -3.02. The average Bonchev–Trinajstić information content (AvgIpc) is 3.51. The van der Waals surface area contributed by atoms with Gasteiger partial charge in [0.15, 0.2) is 17.4 Å². The fraction of sp³-hybridized carbons (Fsp3) is 0.513. The number of carbonyl (C=O) groups is 3. The molecule has 0 spiro atoms. The van der Waals surface area contributed by atoms with Crippen LogP contribution in [0, 0.1) is 17.6 Å². The minimum atomic E-state index is -1.06. The van der Waals surface area contributed by atoms with Crippen LogP contribution in [0.2, 0.25) is 0 Å². The monoisotopic (exact) mass is 775 g/mol. The van der Waals surface area contributed by atoms with Crippen LogP contribution in [0.5, 0.6) is 5.75 Å². The number of carbonyl (C=O) groups excluding carboxylic acids is 3. The van der Waals surface area contributed by atoms with Gasteiger partial charge in [-0.05, 0) is 55.3 Å². The summed E-state index contributed by atoms with van der Waals surface area (Å²) in [6, 6.07) is 8.55. The number of imide groups is 1. The number of anilines is 3. The standard InChI is InChI=1S/C39H44F3N9O5/c40-24-12-29(36(53)30(41)13-24)32-14-34-37(46-45-32)43-15-26-18-48(7-8-50(26)34)16-22-5-6-47(21-31(22)42)19-27-20-49(9-10-56-27)25-1-2-28-23(11-25)17-51(39(28)55)33-3-4-35(52)44-38(33)54/h1-2,11-14,22,26-27,31,33,53H,3-10,15-21H2,(H,43,46)(H,44,52,54)/t22-,26+,27+,31+,33?/m1/s1. The molecule has 0 saturated carbocycles. The Bertz CT molecular complexity index is 2060. The Morgan fingerprint density at radius 2 is 1.75 bits per heavy atom. The van der Waals surface area contributed by atoms with Crippen LogP contribution in [-0.4, -0.2) is 144 Å². The molecule has 2 aromatic carbocycles. The molecular weight excluding hydrogens is 731 g/mol. The number of nitrogens with zero attached hydrogens (tertiary/aromatic N) is 7. The molecule has 296 valence electrons. The molecule has 14 nitrogen and oxygen atoms in total. The number of nitrogens with one attached hydrogen (secondary N) is 2. The quantitative estimate of drug-likeness (QED) is 0.303. The Morgan fingerprint density at radius 3 is 2.59 bits per heavy atom. The van der Waals surface area contributed by atoms with Gasteiger partial charge in [-0.1, -0.05) is 0 Å². The number of phenolic OH excluding ortho intramolecular Hbond substituents is 1. The van der Waals surface area contributed by atoms with Gasteiger partial charge in [-0.25, -0.2) is 13.2 Å². The molecule has 3 amide bonds. The lowest BCUT2D eigenvalue weighted by atomic mass is 9.93. The molecule has 6 aliphatic rings. The van der Waals surface area contributed by atoms with Crippen LogP contribution in [0.4, 0.5) is 30.4 Å². The number of morpholine rings is 1. The van der Waals surface area contributed by atoms with E-state index < -0.39 is 35.5 Å². The van der Waals surface area contributed by atoms with Crippen LogP contribution in [-0.2, 0) is 20.9 Å². The fourth-order valence-electron chi connectivity index (χ4n) is 9.24. The van der Waals surface area contributed by atoms with Gasteiger partial charge in [-0.3, -0.25) is 29.5 Å². The Balaban J connectivity index is 0.769. The summed E-state index contributed by atoms with van der Waals surface area (Å²) in [6.07, 6.45) is 0.181. The smallest absolute Gasteiger partial charge is 0.255 e. The Hall–Kier alpha value is -5.00. The third-order valence-corrected chi connectivity index (χ3v) is 12.2. The van der Waals surface area contributed by atoms with Crippen LogP contribution in [0.15, 0.2) is 36.4 Å². The molecule has 6 aliphatic heterocycles. The highest BCUT2D eigenvalue weighted by atomic mass is 19.1. The van der Waals surface area contributed by atoms with Crippen LogP contribution >= 0.6 is 0 Å². The first-order valence-electron chi connectivity index (χ1n) is 19.4. The van der Waals surface area contributed by atoms with E-state index >= 15 is 4.39 Å². The number of phenols is 1. The van der Waals surface area contributed by atoms with Crippen LogP contribution in [0.3, 0.4) is 0 Å². The molecule has 7 heterocycles. The number of aromatic nitrogens is 2. The summed E-state index contributed by atoms with van der Waals surface area (Å²) in [5, 5.41) is 24.3. The van der Waals surface area contributed by atoms with Gasteiger partial charge >= 0.3 is 0 Å². The number of halogens is 3. The van der Waals surface area contributed by atoms with Gasteiger partial charge in [-0.2, -0.15) is 0 Å². The second kappa shape index (κ2) is 14.8. The topological polar surface area (TPSA) is 147 Å². The molecule has 0 radical (unpaired) electrons. The van der Waals surface area contributed by atoms with E-state index in [9.17, 15) is 28.3 Å². The lowest BCUT2D eigenvalue weighted by Gasteiger charge is -2.47. The number of hydrogen-bond acceptors (Lipinski definition) is 12. The molecule has 9 rings (SSSR count). The summed E-state index contributed by atoms with van der Waals surface area (Å²) in [6.45, 7) is 7.28. The number of piperidine rings is 2. The lowest BCUT2D eigenvalue weighted by molar-refractivity contribution is -0.136. The van der Waals surface area contributed by atoms with Crippen LogP contribution in [0.1, 0.15) is 35.2 Å². The van der Waals surface area contributed by atoms with Crippen molar-refractivity contribution < 1.29 is 37.4 Å². The van der Waals surface area contributed by atoms with Crippen LogP contribution < -0.4 is 20.4 Å². The largest absolute Gasteiger partial charge is 0.504 e. The first-order chi connectivity index (χ1) is 27.1. The molecule has 3 N–H and O–H groups in total. The van der Waals surface area contributed by atoms with Crippen molar-refractivity contribution in [3.63, 3.8) is 0 Å². The third-order valence-electron chi connectivity index (χ3n) is 12.2. The van der Waals surface area contributed by atoms with Gasteiger partial charge in [0.1, 0.15) is 18.0 Å². The van der Waals surface area contributed by atoms with E-state index in [-0.39, 0.29) is 47.6 Å². The summed E-state index contributed by atoms with van der Waals surface area (Å²) in [4.78, 5) is 47.8. The van der Waals surface area contributed by atoms with Gasteiger partial charge in [0, 0.05) is 101 Å². The molecule has 3 aromatic rings. The van der Waals surface area contributed by atoms with Crippen molar-refractivity contribution >= 4 is 34.9 Å². The van der Waals surface area contributed by atoms with Crippen LogP contribution in [0.25, 0.3) is 11.3 Å². The number of likely N-dealkylation sites (tertiary alicyclic amines) is 1. The van der Waals surface area contributed by atoms with Crippen molar-refractivity contribution in [1.82, 2.24) is 30.2 Å². The Kier molecular flexibility index (Phi) is 9.69. The fourth-order valence-corrected chi connectivity index (χ4v) is 9.24. The lowest BCUT2D eigenvalue weighted by Crippen LogP contribution is -2.59. The Labute approximate surface area is 321 Å². The summed E-state index contributed by atoms with van der Waals surface area (Å²) in [7, 11) is 0. The van der Waals surface area contributed by atoms with Crippen molar-refractivity contribution in [3.05, 3.63) is 59.2 Å². The number of amides is 3. The van der Waals surface area contributed by atoms with Crippen molar-refractivity contribution in [2.45, 2.75) is 50.2 Å². The minimum absolute atomic E-state index is 0.0642. The van der Waals surface area contributed by atoms with E-state index in [2.05, 4.69) is 40.4 Å². The van der Waals surface area contributed by atoms with E-state index in [0.29, 0.717) is 89.4 Å². The van der Waals surface area contributed by atoms with Gasteiger partial charge in [0.25, 0.3) is 5.91 Å². The van der Waals surface area contributed by atoms with Crippen molar-refractivity contribution in [1.29, 1.82) is 0 Å². The second-order valence-electron chi connectivity index (χ2n) is 15.7. The Morgan fingerprint density at radius 1 is 0.893 bits per heavy atom. The maximum absolute atomic E-state index is 15.8. The zero-order valence-corrected chi connectivity index (χ0v) is 30.8. The predicted octanol–water partition coefficient (Wildman–Crippen LogP) is 2.37. The number of benzene rings is 2. The van der Waals surface area contributed by atoms with Crippen molar-refractivity contribution in [2.75, 3.05) is 87.2 Å². The summed E-state index contributed by atoms with van der Waals surface area (Å²) < 4.78 is 50.1. The molecule has 4 saturated heterocycles. The van der Waals surface area contributed by atoms with E-state index in [1.807, 2.05) is 18.2 Å². The molecular formula is C39H44F3N9O5. The molecule has 0 aliphatic carbocycles. The van der Waals surface area contributed by atoms with E-state index in [4.69, 9.17) is 4.74 Å². The minimum Gasteiger partial charge on any atom is -0.504 e. The number of aromatic hydroxyl groups is 1. The molecule has 5 atom stereocenters. The maximum Gasteiger partial charge on any atom is 0.255 e. The molecule has 0 bridgehead atoms. The molecule has 4 fully saturated rings. The van der Waals surface area contributed by atoms with Gasteiger partial charge < -0.3 is 29.9 Å². The summed E-state index contributed by atoms with van der Waals surface area (Å²) >= 11 is 0. The maximum atomic E-state index is 15.8. The van der Waals surface area contributed by atoms with Gasteiger partial charge in [0.2, 0.25) is 11.8 Å². The third kappa shape index (κ3) is 7.00. The molecule has 1 unspecified atom stereocenters. The zero-order valence-electron chi connectivity index (χ0n) is 30.8. The van der Waals surface area contributed by atoms with E-state index in [0.717, 1.165) is 42.5 Å². The molecule has 56 heavy (non-hydrogen) atoms. The van der Waals surface area contributed by atoms with E-state index in [1.54, 1.807) is 11.0 Å². The summed E-state index contributed by atoms with van der Waals surface area (Å²) in [5.41, 5.74) is 3.27. The highest BCUT2D eigenvalue weighted by Crippen LogP contribution is 2.38. The predicted molar refractivity (Wildman–Crippen MR) is 199 cm³/mol. The number of ether oxygens (including phenoxy) is 1. The molecule has 17 heteroatoms. The SMILES string of the molecule is O=C1CCC(N2Cc3cc(N4CCO[C@@H](CN5CC[C@H](CN6CCN7c8cc(-c9cc(F)cc(F)c9O)nnc8NC[C@H]7C6)[C@@H](F)C5)C4)ccc3C2=O)C(=O)N1. The van der Waals surface area contributed by atoms with E-state index in [1.165, 1.54) is 0 Å².